The Morgan fingerprint density at radius 3 is 2.64 bits per heavy atom. The van der Waals surface area contributed by atoms with Gasteiger partial charge in [0.15, 0.2) is 11.5 Å². The van der Waals surface area contributed by atoms with Crippen molar-refractivity contribution in [1.82, 2.24) is 0 Å². The van der Waals surface area contributed by atoms with Gasteiger partial charge in [0.2, 0.25) is 0 Å². The van der Waals surface area contributed by atoms with E-state index >= 15 is 0 Å². The van der Waals surface area contributed by atoms with Crippen LogP contribution in [0.4, 0.5) is 0 Å². The molecule has 0 aliphatic carbocycles. The lowest BCUT2D eigenvalue weighted by Gasteiger charge is -2.18. The van der Waals surface area contributed by atoms with Gasteiger partial charge < -0.3 is 13.9 Å². The van der Waals surface area contributed by atoms with Crippen molar-refractivity contribution in [2.24, 2.45) is 0 Å². The van der Waals surface area contributed by atoms with Gasteiger partial charge in [-0.25, -0.2) is 4.79 Å². The molecule has 2 aromatic carbocycles. The second-order valence-corrected chi connectivity index (χ2v) is 7.12. The molecule has 0 atom stereocenters. The van der Waals surface area contributed by atoms with E-state index in [1.54, 1.807) is 17.8 Å². The normalized spacial score (nSPS) is 13.2. The number of aryl methyl sites for hydroxylation is 2. The van der Waals surface area contributed by atoms with E-state index in [0.29, 0.717) is 24.5 Å². The molecule has 128 valence electrons. The highest BCUT2D eigenvalue weighted by Gasteiger charge is 2.13. The van der Waals surface area contributed by atoms with Gasteiger partial charge in [0.25, 0.3) is 0 Å². The summed E-state index contributed by atoms with van der Waals surface area (Å²) >= 11 is 1.66. The van der Waals surface area contributed by atoms with E-state index in [1.807, 2.05) is 38.1 Å². The molecule has 1 aromatic heterocycles. The average molecular weight is 354 g/mol. The van der Waals surface area contributed by atoms with Gasteiger partial charge in [0.05, 0.1) is 0 Å². The largest absolute Gasteiger partial charge is 0.486 e. The van der Waals surface area contributed by atoms with Crippen LogP contribution >= 0.6 is 11.8 Å². The van der Waals surface area contributed by atoms with Crippen molar-refractivity contribution in [3.8, 4) is 11.5 Å². The summed E-state index contributed by atoms with van der Waals surface area (Å²) in [6.45, 7) is 5.16. The first-order chi connectivity index (χ1) is 12.1. The monoisotopic (exact) mass is 354 g/mol. The Kier molecular flexibility index (Phi) is 4.17. The molecule has 4 nitrogen and oxygen atoms in total. The average Bonchev–Trinajstić information content (AvgIpc) is 2.63. The molecule has 4 rings (SSSR count). The maximum Gasteiger partial charge on any atom is 0.336 e. The molecule has 0 spiro atoms. The number of hydrogen-bond donors (Lipinski definition) is 0. The number of thioether (sulfide) groups is 1. The minimum absolute atomic E-state index is 0.307. The Balaban J connectivity index is 1.65. The van der Waals surface area contributed by atoms with E-state index in [-0.39, 0.29) is 5.63 Å². The molecule has 25 heavy (non-hydrogen) atoms. The molecule has 5 heteroatoms. The molecular weight excluding hydrogens is 336 g/mol. The van der Waals surface area contributed by atoms with Gasteiger partial charge in [-0.1, -0.05) is 12.1 Å². The maximum absolute atomic E-state index is 12.0. The van der Waals surface area contributed by atoms with E-state index in [9.17, 15) is 4.79 Å². The number of ether oxygens (including phenoxy) is 2. The third kappa shape index (κ3) is 3.12. The molecule has 0 N–H and O–H groups in total. The molecule has 0 fully saturated rings. The van der Waals surface area contributed by atoms with Crippen LogP contribution in [0.25, 0.3) is 11.0 Å². The standard InChI is InChI=1S/C20H18O4S/c1-12-3-5-16-14(9-19(21)24-20(16)13(12)2)11-25-15-4-6-17-18(10-15)23-8-7-22-17/h3-6,9-10H,7-8,11H2,1-2H3. The summed E-state index contributed by atoms with van der Waals surface area (Å²) in [6.07, 6.45) is 0. The van der Waals surface area contributed by atoms with Crippen LogP contribution in [0, 0.1) is 13.8 Å². The third-order valence-electron chi connectivity index (χ3n) is 4.43. The molecule has 0 unspecified atom stereocenters. The molecule has 0 amide bonds. The van der Waals surface area contributed by atoms with Crippen LogP contribution in [-0.2, 0) is 5.75 Å². The Bertz CT molecular complexity index is 1010. The summed E-state index contributed by atoms with van der Waals surface area (Å²) in [7, 11) is 0. The van der Waals surface area contributed by atoms with Gasteiger partial charge in [-0.3, -0.25) is 0 Å². The van der Waals surface area contributed by atoms with Gasteiger partial charge in [-0.2, -0.15) is 0 Å². The summed E-state index contributed by atoms with van der Waals surface area (Å²) in [4.78, 5) is 13.0. The fourth-order valence-corrected chi connectivity index (χ4v) is 3.83. The highest BCUT2D eigenvalue weighted by molar-refractivity contribution is 7.98. The molecule has 0 radical (unpaired) electrons. The lowest BCUT2D eigenvalue weighted by molar-refractivity contribution is 0.171. The SMILES string of the molecule is Cc1ccc2c(CSc3ccc4c(c3)OCCO4)cc(=O)oc2c1C. The van der Waals surface area contributed by atoms with Crippen molar-refractivity contribution in [3.05, 3.63) is 63.5 Å². The summed E-state index contributed by atoms with van der Waals surface area (Å²) in [5.74, 6) is 2.25. The molecule has 0 bridgehead atoms. The Hall–Kier alpha value is -2.40. The summed E-state index contributed by atoms with van der Waals surface area (Å²) < 4.78 is 16.6. The number of benzene rings is 2. The summed E-state index contributed by atoms with van der Waals surface area (Å²) in [5.41, 5.74) is 3.49. The van der Waals surface area contributed by atoms with Crippen LogP contribution in [0.1, 0.15) is 16.7 Å². The van der Waals surface area contributed by atoms with E-state index < -0.39 is 0 Å². The topological polar surface area (TPSA) is 48.7 Å². The maximum atomic E-state index is 12.0. The van der Waals surface area contributed by atoms with Crippen LogP contribution in [-0.4, -0.2) is 13.2 Å². The highest BCUT2D eigenvalue weighted by atomic mass is 32.2. The van der Waals surface area contributed by atoms with Crippen molar-refractivity contribution in [1.29, 1.82) is 0 Å². The first-order valence-corrected chi connectivity index (χ1v) is 9.16. The summed E-state index contributed by atoms with van der Waals surface area (Å²) in [6, 6.07) is 11.6. The first kappa shape index (κ1) is 16.1. The van der Waals surface area contributed by atoms with Crippen molar-refractivity contribution >= 4 is 22.7 Å². The lowest BCUT2D eigenvalue weighted by atomic mass is 10.0. The Morgan fingerprint density at radius 1 is 1.00 bits per heavy atom. The van der Waals surface area contributed by atoms with E-state index in [0.717, 1.165) is 38.5 Å². The Morgan fingerprint density at radius 2 is 1.80 bits per heavy atom. The zero-order valence-corrected chi connectivity index (χ0v) is 14.9. The van der Waals surface area contributed by atoms with Crippen LogP contribution in [0.2, 0.25) is 0 Å². The zero-order valence-electron chi connectivity index (χ0n) is 14.1. The molecule has 2 heterocycles. The third-order valence-corrected chi connectivity index (χ3v) is 5.47. The quantitative estimate of drug-likeness (QED) is 0.513. The first-order valence-electron chi connectivity index (χ1n) is 8.17. The van der Waals surface area contributed by atoms with E-state index in [2.05, 4.69) is 6.07 Å². The fourth-order valence-electron chi connectivity index (χ4n) is 2.92. The highest BCUT2D eigenvalue weighted by Crippen LogP contribution is 2.36. The van der Waals surface area contributed by atoms with Crippen LogP contribution in [0.3, 0.4) is 0 Å². The second-order valence-electron chi connectivity index (χ2n) is 6.07. The Labute approximate surface area is 149 Å². The molecule has 3 aromatic rings. The van der Waals surface area contributed by atoms with Crippen molar-refractivity contribution in [2.45, 2.75) is 24.5 Å². The van der Waals surface area contributed by atoms with Crippen molar-refractivity contribution in [3.63, 3.8) is 0 Å². The second kappa shape index (κ2) is 6.48. The molecule has 1 aliphatic rings. The predicted octanol–water partition coefficient (Wildman–Crippen LogP) is 4.47. The van der Waals surface area contributed by atoms with Crippen LogP contribution in [0.15, 0.2) is 50.5 Å². The minimum Gasteiger partial charge on any atom is -0.486 e. The predicted molar refractivity (Wildman–Crippen MR) is 99.0 cm³/mol. The molecular formula is C20H18O4S. The van der Waals surface area contributed by atoms with Gasteiger partial charge in [0.1, 0.15) is 18.8 Å². The van der Waals surface area contributed by atoms with Gasteiger partial charge in [-0.15, -0.1) is 11.8 Å². The van der Waals surface area contributed by atoms with Gasteiger partial charge in [-0.05, 0) is 48.7 Å². The number of fused-ring (bicyclic) bond motifs is 2. The van der Waals surface area contributed by atoms with Gasteiger partial charge in [0, 0.05) is 22.1 Å². The fraction of sp³-hybridized carbons (Fsp3) is 0.250. The summed E-state index contributed by atoms with van der Waals surface area (Å²) in [5, 5.41) is 0.993. The molecule has 0 saturated carbocycles. The molecule has 0 saturated heterocycles. The van der Waals surface area contributed by atoms with E-state index in [1.165, 1.54) is 0 Å². The van der Waals surface area contributed by atoms with Crippen molar-refractivity contribution in [2.75, 3.05) is 13.2 Å². The number of rotatable bonds is 3. The lowest BCUT2D eigenvalue weighted by Crippen LogP contribution is -2.15. The van der Waals surface area contributed by atoms with E-state index in [4.69, 9.17) is 13.9 Å². The van der Waals surface area contributed by atoms with Crippen LogP contribution in [0.5, 0.6) is 11.5 Å². The van der Waals surface area contributed by atoms with Crippen LogP contribution < -0.4 is 15.1 Å². The number of hydrogen-bond acceptors (Lipinski definition) is 5. The van der Waals surface area contributed by atoms with Gasteiger partial charge >= 0.3 is 5.63 Å². The minimum atomic E-state index is -0.307. The smallest absolute Gasteiger partial charge is 0.336 e. The zero-order chi connectivity index (χ0) is 17.4. The molecule has 1 aliphatic heterocycles. The van der Waals surface area contributed by atoms with Crippen molar-refractivity contribution < 1.29 is 13.9 Å².